The molecule has 0 aliphatic carbocycles. The zero-order chi connectivity index (χ0) is 37.1. The molecule has 3 saturated heterocycles. The number of aryl methyl sites for hydroxylation is 1. The normalized spacial score (nSPS) is 19.7. The molecular weight excluding hydrogens is 672 g/mol. The smallest absolute Gasteiger partial charge is 0.334 e. The monoisotopic (exact) mass is 718 g/mol. The lowest BCUT2D eigenvalue weighted by atomic mass is 9.98. The number of para-hydroxylation sites is 1. The Balaban J connectivity index is 1.23. The first-order valence-electron chi connectivity index (χ1n) is 18.2. The summed E-state index contributed by atoms with van der Waals surface area (Å²) >= 11 is 0. The van der Waals surface area contributed by atoms with Gasteiger partial charge in [-0.1, -0.05) is 73.2 Å². The highest BCUT2D eigenvalue weighted by atomic mass is 16.3. The lowest BCUT2D eigenvalue weighted by Crippen LogP contribution is -2.76. The van der Waals surface area contributed by atoms with Crippen molar-refractivity contribution >= 4 is 34.7 Å². The topological polar surface area (TPSA) is 134 Å². The molecule has 5 amide bonds. The molecule has 0 spiro atoms. The van der Waals surface area contributed by atoms with E-state index < -0.39 is 18.2 Å². The minimum Gasteiger partial charge on any atom is -0.508 e. The number of hydrogen-bond donors (Lipinski definition) is 3. The van der Waals surface area contributed by atoms with Gasteiger partial charge in [-0.15, -0.1) is 6.58 Å². The summed E-state index contributed by atoms with van der Waals surface area (Å²) in [7, 11) is 1.89. The van der Waals surface area contributed by atoms with Crippen LogP contribution >= 0.6 is 0 Å². The molecule has 4 heterocycles. The van der Waals surface area contributed by atoms with Crippen molar-refractivity contribution in [3.63, 3.8) is 0 Å². The van der Waals surface area contributed by atoms with Gasteiger partial charge >= 0.3 is 6.03 Å². The number of rotatable bonds is 10. The lowest BCUT2D eigenvalue weighted by molar-refractivity contribution is -0.189. The maximum atomic E-state index is 14.6. The van der Waals surface area contributed by atoms with E-state index in [4.69, 9.17) is 0 Å². The Kier molecular flexibility index (Phi) is 10.5. The SMILES string of the molecule is C=CCN1CC(=O)N2[C@@H](Cc3ccc(O)cc3)C(=O)N(Cc3cccc4c(C(=O)NN5CCCCC5)cn(C)c34)C[C@@H]2N1C(=O)NCc1ccccc1. The van der Waals surface area contributed by atoms with Crippen LogP contribution in [0.2, 0.25) is 0 Å². The first-order valence-corrected chi connectivity index (χ1v) is 18.2. The van der Waals surface area contributed by atoms with Crippen molar-refractivity contribution in [1.29, 1.82) is 0 Å². The minimum atomic E-state index is -0.917. The number of hydrazine groups is 2. The standard InChI is InChI=1S/C40H46N8O5/c1-3-19-46-27-36(50)47-34(22-28-15-17-31(49)18-16-28)39(52)44(26-35(47)48(46)40(53)41-23-29-11-6-4-7-12-29)24-30-13-10-14-32-33(25-43(2)37(30)32)38(51)42-45-20-8-5-9-21-45/h3-4,6-7,10-18,25,34-35,49H,1,5,8-9,19-24,26-27H2,2H3,(H,41,53)(H,42,51)/t34-,35-/m0/s1. The van der Waals surface area contributed by atoms with E-state index >= 15 is 0 Å². The number of phenolic OH excluding ortho intramolecular Hbond substituents is 1. The third kappa shape index (κ3) is 7.48. The summed E-state index contributed by atoms with van der Waals surface area (Å²) in [4.78, 5) is 59.5. The fourth-order valence-electron chi connectivity index (χ4n) is 7.83. The third-order valence-electron chi connectivity index (χ3n) is 10.3. The van der Waals surface area contributed by atoms with E-state index in [0.29, 0.717) is 5.56 Å². The lowest BCUT2D eigenvalue weighted by Gasteiger charge is -2.55. The number of carbonyl (C=O) groups is 4. The van der Waals surface area contributed by atoms with E-state index in [-0.39, 0.29) is 62.6 Å². The summed E-state index contributed by atoms with van der Waals surface area (Å²) in [5.74, 6) is -0.597. The predicted octanol–water partition coefficient (Wildman–Crippen LogP) is 3.75. The number of nitrogens with one attached hydrogen (secondary N) is 2. The Morgan fingerprint density at radius 3 is 2.43 bits per heavy atom. The number of carbonyl (C=O) groups excluding carboxylic acids is 4. The molecule has 53 heavy (non-hydrogen) atoms. The van der Waals surface area contributed by atoms with Crippen molar-refractivity contribution in [2.75, 3.05) is 32.7 Å². The highest BCUT2D eigenvalue weighted by Gasteiger charge is 2.51. The van der Waals surface area contributed by atoms with Gasteiger partial charge in [0.25, 0.3) is 5.91 Å². The van der Waals surface area contributed by atoms with Crippen molar-refractivity contribution in [3.05, 3.63) is 114 Å². The molecule has 1 aromatic heterocycles. The molecule has 0 bridgehead atoms. The molecule has 3 aliphatic rings. The molecule has 7 rings (SSSR count). The molecule has 0 unspecified atom stereocenters. The zero-order valence-electron chi connectivity index (χ0n) is 30.0. The number of fused-ring (bicyclic) bond motifs is 2. The molecule has 13 heteroatoms. The largest absolute Gasteiger partial charge is 0.508 e. The maximum absolute atomic E-state index is 14.6. The number of nitrogens with zero attached hydrogens (tertiary/aromatic N) is 6. The number of aromatic nitrogens is 1. The van der Waals surface area contributed by atoms with E-state index in [1.165, 1.54) is 0 Å². The summed E-state index contributed by atoms with van der Waals surface area (Å²) in [6.45, 7) is 6.17. The van der Waals surface area contributed by atoms with E-state index in [1.807, 2.05) is 71.4 Å². The van der Waals surface area contributed by atoms with Gasteiger partial charge in [-0.05, 0) is 41.7 Å². The van der Waals surface area contributed by atoms with Crippen LogP contribution in [0.3, 0.4) is 0 Å². The number of amides is 5. The van der Waals surface area contributed by atoms with Crippen molar-refractivity contribution in [3.8, 4) is 5.75 Å². The van der Waals surface area contributed by atoms with Crippen LogP contribution < -0.4 is 10.7 Å². The van der Waals surface area contributed by atoms with Gasteiger partial charge < -0.3 is 24.8 Å². The zero-order valence-corrected chi connectivity index (χ0v) is 30.0. The second-order valence-corrected chi connectivity index (χ2v) is 14.0. The highest BCUT2D eigenvalue weighted by molar-refractivity contribution is 6.07. The fourth-order valence-corrected chi connectivity index (χ4v) is 7.83. The van der Waals surface area contributed by atoms with Crippen LogP contribution in [0, 0.1) is 0 Å². The highest BCUT2D eigenvalue weighted by Crippen LogP contribution is 2.32. The van der Waals surface area contributed by atoms with E-state index in [2.05, 4.69) is 17.3 Å². The van der Waals surface area contributed by atoms with Gasteiger partial charge in [0.1, 0.15) is 18.0 Å². The van der Waals surface area contributed by atoms with Crippen LogP contribution in [-0.4, -0.2) is 103 Å². The van der Waals surface area contributed by atoms with E-state index in [1.54, 1.807) is 50.2 Å². The molecule has 3 aromatic carbocycles. The van der Waals surface area contributed by atoms with Crippen molar-refractivity contribution in [1.82, 2.24) is 40.1 Å². The minimum absolute atomic E-state index is 0.0617. The summed E-state index contributed by atoms with van der Waals surface area (Å²) in [5.41, 5.74) is 6.97. The summed E-state index contributed by atoms with van der Waals surface area (Å²) < 4.78 is 1.92. The van der Waals surface area contributed by atoms with Crippen LogP contribution in [-0.2, 0) is 36.1 Å². The van der Waals surface area contributed by atoms with E-state index in [0.717, 1.165) is 59.9 Å². The Morgan fingerprint density at radius 2 is 1.70 bits per heavy atom. The Bertz CT molecular complexity index is 1990. The molecule has 0 saturated carbocycles. The second-order valence-electron chi connectivity index (χ2n) is 14.0. The van der Waals surface area contributed by atoms with E-state index in [9.17, 15) is 24.3 Å². The number of phenols is 1. The Labute approximate surface area is 309 Å². The van der Waals surface area contributed by atoms with Crippen LogP contribution in [0.4, 0.5) is 4.79 Å². The van der Waals surface area contributed by atoms with Gasteiger partial charge in [-0.25, -0.2) is 19.8 Å². The second kappa shape index (κ2) is 15.5. The number of aromatic hydroxyl groups is 1. The van der Waals surface area contributed by atoms with Crippen molar-refractivity contribution < 1.29 is 24.3 Å². The number of hydrogen-bond acceptors (Lipinski definition) is 7. The van der Waals surface area contributed by atoms with Crippen LogP contribution in [0.15, 0.2) is 91.6 Å². The number of urea groups is 1. The van der Waals surface area contributed by atoms with Crippen LogP contribution in [0.1, 0.15) is 46.3 Å². The summed E-state index contributed by atoms with van der Waals surface area (Å²) in [5, 5.41) is 19.0. The molecule has 13 nitrogen and oxygen atoms in total. The van der Waals surface area contributed by atoms with Crippen LogP contribution in [0.5, 0.6) is 5.75 Å². The first kappa shape index (κ1) is 35.7. The van der Waals surface area contributed by atoms with Gasteiger partial charge in [-0.3, -0.25) is 19.8 Å². The average molecular weight is 719 g/mol. The van der Waals surface area contributed by atoms with Gasteiger partial charge in [0, 0.05) is 57.8 Å². The summed E-state index contributed by atoms with van der Waals surface area (Å²) in [6, 6.07) is 20.6. The molecule has 2 atom stereocenters. The molecule has 3 N–H and O–H groups in total. The number of piperidine rings is 1. The Hall–Kier alpha value is -5.66. The number of piperazine rings is 1. The van der Waals surface area contributed by atoms with Crippen LogP contribution in [0.25, 0.3) is 10.9 Å². The maximum Gasteiger partial charge on any atom is 0.334 e. The molecule has 3 fully saturated rings. The van der Waals surface area contributed by atoms with Gasteiger partial charge in [0.2, 0.25) is 11.8 Å². The predicted molar refractivity (Wildman–Crippen MR) is 200 cm³/mol. The van der Waals surface area contributed by atoms with Gasteiger partial charge in [0.15, 0.2) is 0 Å². The fraction of sp³-hybridized carbons (Fsp3) is 0.350. The molecular formula is C40H46N8O5. The van der Waals surface area contributed by atoms with Gasteiger partial charge in [0.05, 0.1) is 24.2 Å². The molecule has 0 radical (unpaired) electrons. The summed E-state index contributed by atoms with van der Waals surface area (Å²) in [6.07, 6.45) is 6.09. The molecule has 276 valence electrons. The molecule has 3 aliphatic heterocycles. The number of benzene rings is 3. The third-order valence-corrected chi connectivity index (χ3v) is 10.3. The average Bonchev–Trinajstić information content (AvgIpc) is 3.51. The quantitative estimate of drug-likeness (QED) is 0.213. The molecule has 4 aromatic rings. The van der Waals surface area contributed by atoms with Crippen molar-refractivity contribution in [2.45, 2.75) is 51.0 Å². The Morgan fingerprint density at radius 1 is 0.943 bits per heavy atom. The van der Waals surface area contributed by atoms with Gasteiger partial charge in [-0.2, -0.15) is 0 Å². The first-order chi connectivity index (χ1) is 25.7. The van der Waals surface area contributed by atoms with Crippen molar-refractivity contribution in [2.24, 2.45) is 7.05 Å².